The lowest BCUT2D eigenvalue weighted by Crippen LogP contribution is -1.88. The summed E-state index contributed by atoms with van der Waals surface area (Å²) in [5.74, 6) is 0.670. The minimum atomic E-state index is 0.670. The van der Waals surface area contributed by atoms with E-state index < -0.39 is 0 Å². The molecule has 0 saturated heterocycles. The maximum atomic E-state index is 4.98. The van der Waals surface area contributed by atoms with E-state index in [4.69, 9.17) is 4.74 Å². The summed E-state index contributed by atoms with van der Waals surface area (Å²) in [5.41, 5.74) is 0. The fraction of sp³-hybridized carbons (Fsp3) is 0.125. The molecule has 0 aliphatic heterocycles. The van der Waals surface area contributed by atoms with Crippen LogP contribution in [0.15, 0.2) is 29.9 Å². The number of nitrogens with zero attached hydrogens (tertiary/aromatic N) is 2. The van der Waals surface area contributed by atoms with E-state index in [0.29, 0.717) is 5.88 Å². The average Bonchev–Trinajstić information content (AvgIpc) is 2.75. The quantitative estimate of drug-likeness (QED) is 0.706. The van der Waals surface area contributed by atoms with Gasteiger partial charge in [0.1, 0.15) is 0 Å². The summed E-state index contributed by atoms with van der Waals surface area (Å²) in [6.45, 7) is 0. The van der Waals surface area contributed by atoms with Crippen LogP contribution in [-0.4, -0.2) is 16.7 Å². The van der Waals surface area contributed by atoms with Gasteiger partial charge >= 0.3 is 0 Å². The fourth-order valence-corrected chi connectivity index (χ4v) is 1.67. The van der Waals surface area contributed by atoms with E-state index in [0.717, 1.165) is 5.13 Å². The number of aromatic nitrogens is 2. The highest BCUT2D eigenvalue weighted by Gasteiger charge is 2.01. The van der Waals surface area contributed by atoms with E-state index in [1.807, 2.05) is 34.5 Å². The molecule has 12 heavy (non-hydrogen) atoms. The second-order valence-electron chi connectivity index (χ2n) is 2.26. The fourth-order valence-electron chi connectivity index (χ4n) is 0.924. The topological polar surface area (TPSA) is 27.1 Å². The molecule has 2 rings (SSSR count). The summed E-state index contributed by atoms with van der Waals surface area (Å²) in [6.07, 6.45) is 3.91. The first-order valence-corrected chi connectivity index (χ1v) is 4.41. The minimum absolute atomic E-state index is 0.670. The molecule has 0 fully saturated rings. The van der Waals surface area contributed by atoms with E-state index >= 15 is 0 Å². The third-order valence-corrected chi connectivity index (χ3v) is 2.34. The lowest BCUT2D eigenvalue weighted by atomic mass is 10.7. The van der Waals surface area contributed by atoms with Crippen molar-refractivity contribution in [1.29, 1.82) is 0 Å². The van der Waals surface area contributed by atoms with E-state index in [1.54, 1.807) is 18.4 Å². The van der Waals surface area contributed by atoms with Crippen LogP contribution < -0.4 is 4.74 Å². The third-order valence-electron chi connectivity index (χ3n) is 1.51. The van der Waals surface area contributed by atoms with Gasteiger partial charge in [0, 0.05) is 12.4 Å². The standard InChI is InChI=1S/C8H8N2OS/c1-11-7-6-12-8(9-7)10-4-2-3-5-10/h2-6H,1H3. The molecule has 0 aromatic carbocycles. The van der Waals surface area contributed by atoms with Crippen molar-refractivity contribution in [3.05, 3.63) is 29.9 Å². The van der Waals surface area contributed by atoms with Crippen molar-refractivity contribution in [2.24, 2.45) is 0 Å². The van der Waals surface area contributed by atoms with Crippen molar-refractivity contribution in [2.75, 3.05) is 7.11 Å². The molecule has 0 radical (unpaired) electrons. The molecule has 62 valence electrons. The number of hydrogen-bond acceptors (Lipinski definition) is 3. The molecule has 2 aromatic rings. The van der Waals surface area contributed by atoms with Gasteiger partial charge in [0.15, 0.2) is 5.13 Å². The molecule has 0 bridgehead atoms. The zero-order valence-electron chi connectivity index (χ0n) is 6.60. The van der Waals surface area contributed by atoms with Gasteiger partial charge in [-0.3, -0.25) is 4.57 Å². The molecule has 0 atom stereocenters. The van der Waals surface area contributed by atoms with Gasteiger partial charge in [0.05, 0.1) is 12.5 Å². The van der Waals surface area contributed by atoms with Crippen LogP contribution in [-0.2, 0) is 0 Å². The molecular formula is C8H8N2OS. The number of ether oxygens (including phenoxy) is 1. The van der Waals surface area contributed by atoms with Gasteiger partial charge in [-0.2, -0.15) is 4.98 Å². The minimum Gasteiger partial charge on any atom is -0.480 e. The SMILES string of the molecule is COc1csc(-n2cccc2)n1. The van der Waals surface area contributed by atoms with Gasteiger partial charge in [0.2, 0.25) is 5.88 Å². The normalized spacial score (nSPS) is 10.1. The van der Waals surface area contributed by atoms with Crippen LogP contribution in [0.4, 0.5) is 0 Å². The Labute approximate surface area is 74.2 Å². The Morgan fingerprint density at radius 1 is 1.42 bits per heavy atom. The molecule has 3 nitrogen and oxygen atoms in total. The van der Waals surface area contributed by atoms with Crippen molar-refractivity contribution in [3.63, 3.8) is 0 Å². The number of rotatable bonds is 2. The van der Waals surface area contributed by atoms with Gasteiger partial charge in [-0.25, -0.2) is 0 Å². The first-order valence-electron chi connectivity index (χ1n) is 3.53. The lowest BCUT2D eigenvalue weighted by molar-refractivity contribution is 0.400. The van der Waals surface area contributed by atoms with Gasteiger partial charge in [-0.1, -0.05) is 0 Å². The van der Waals surface area contributed by atoms with Gasteiger partial charge in [0.25, 0.3) is 0 Å². The molecule has 0 unspecified atom stereocenters. The molecule has 0 amide bonds. The molecule has 4 heteroatoms. The molecule has 2 heterocycles. The van der Waals surface area contributed by atoms with Crippen molar-refractivity contribution >= 4 is 11.3 Å². The zero-order valence-corrected chi connectivity index (χ0v) is 7.41. The second-order valence-corrected chi connectivity index (χ2v) is 3.10. The smallest absolute Gasteiger partial charge is 0.226 e. The Kier molecular flexibility index (Phi) is 1.83. The lowest BCUT2D eigenvalue weighted by Gasteiger charge is -1.93. The predicted octanol–water partition coefficient (Wildman–Crippen LogP) is 1.94. The van der Waals surface area contributed by atoms with E-state index in [-0.39, 0.29) is 0 Å². The van der Waals surface area contributed by atoms with Crippen LogP contribution in [0.1, 0.15) is 0 Å². The van der Waals surface area contributed by atoms with Crippen LogP contribution in [0.3, 0.4) is 0 Å². The first kappa shape index (κ1) is 7.36. The predicted molar refractivity (Wildman–Crippen MR) is 48.0 cm³/mol. The van der Waals surface area contributed by atoms with Crippen molar-refractivity contribution in [2.45, 2.75) is 0 Å². The maximum Gasteiger partial charge on any atom is 0.226 e. The summed E-state index contributed by atoms with van der Waals surface area (Å²) in [4.78, 5) is 4.23. The highest BCUT2D eigenvalue weighted by Crippen LogP contribution is 2.19. The Morgan fingerprint density at radius 2 is 2.17 bits per heavy atom. The van der Waals surface area contributed by atoms with Crippen LogP contribution in [0.5, 0.6) is 5.88 Å². The maximum absolute atomic E-state index is 4.98. The van der Waals surface area contributed by atoms with Gasteiger partial charge in [-0.15, -0.1) is 11.3 Å². The summed E-state index contributed by atoms with van der Waals surface area (Å²) in [6, 6.07) is 3.93. The summed E-state index contributed by atoms with van der Waals surface area (Å²) in [5, 5.41) is 2.81. The monoisotopic (exact) mass is 180 g/mol. The highest BCUT2D eigenvalue weighted by molar-refractivity contribution is 7.12. The van der Waals surface area contributed by atoms with Crippen molar-refractivity contribution < 1.29 is 4.74 Å². The molecule has 0 saturated carbocycles. The Bertz CT molecular complexity index is 353. The van der Waals surface area contributed by atoms with Crippen molar-refractivity contribution in [1.82, 2.24) is 9.55 Å². The molecule has 2 aromatic heterocycles. The number of hydrogen-bond donors (Lipinski definition) is 0. The van der Waals surface area contributed by atoms with Crippen LogP contribution in [0, 0.1) is 0 Å². The summed E-state index contributed by atoms with van der Waals surface area (Å²) in [7, 11) is 1.62. The summed E-state index contributed by atoms with van der Waals surface area (Å²) < 4.78 is 6.93. The summed E-state index contributed by atoms with van der Waals surface area (Å²) >= 11 is 1.56. The largest absolute Gasteiger partial charge is 0.480 e. The van der Waals surface area contributed by atoms with Crippen molar-refractivity contribution in [3.8, 4) is 11.0 Å². The van der Waals surface area contributed by atoms with Gasteiger partial charge in [-0.05, 0) is 12.1 Å². The Hall–Kier alpha value is -1.29. The second kappa shape index (κ2) is 2.98. The van der Waals surface area contributed by atoms with Crippen LogP contribution >= 0.6 is 11.3 Å². The van der Waals surface area contributed by atoms with Crippen LogP contribution in [0.25, 0.3) is 5.13 Å². The van der Waals surface area contributed by atoms with Gasteiger partial charge < -0.3 is 4.74 Å². The molecule has 0 aliphatic rings. The highest BCUT2D eigenvalue weighted by atomic mass is 32.1. The Morgan fingerprint density at radius 3 is 2.75 bits per heavy atom. The molecule has 0 aliphatic carbocycles. The molecule has 0 spiro atoms. The first-order chi connectivity index (χ1) is 5.90. The number of thiazole rings is 1. The molecule has 0 N–H and O–H groups in total. The molecular weight excluding hydrogens is 172 g/mol. The van der Waals surface area contributed by atoms with E-state index in [9.17, 15) is 0 Å². The average molecular weight is 180 g/mol. The zero-order chi connectivity index (χ0) is 8.39. The van der Waals surface area contributed by atoms with E-state index in [1.165, 1.54) is 0 Å². The van der Waals surface area contributed by atoms with Crippen LogP contribution in [0.2, 0.25) is 0 Å². The Balaban J connectivity index is 2.35. The third kappa shape index (κ3) is 1.21. The number of methoxy groups -OCH3 is 1. The van der Waals surface area contributed by atoms with E-state index in [2.05, 4.69) is 4.98 Å².